The first kappa shape index (κ1) is 29.9. The second-order valence-corrected chi connectivity index (χ2v) is 10.9. The number of likely N-dealkylation sites (N-methyl/N-ethyl adjacent to an activating group) is 1. The molecular formula is C26H24Cl2N2O8S. The molecule has 0 unspecified atom stereocenters. The molecule has 0 aliphatic rings. The molecule has 3 aromatic carbocycles. The Hall–Kier alpha value is -3.64. The van der Waals surface area contributed by atoms with Crippen molar-refractivity contribution in [2.45, 2.75) is 18.0 Å². The molecule has 0 saturated carbocycles. The average molecular weight is 595 g/mol. The molecule has 3 rings (SSSR count). The Labute approximate surface area is 235 Å². The third kappa shape index (κ3) is 6.69. The topological polar surface area (TPSA) is 131 Å². The quantitative estimate of drug-likeness (QED) is 0.288. The molecule has 0 aromatic heterocycles. The molecule has 1 amide bonds. The number of rotatable bonds is 9. The van der Waals surface area contributed by atoms with Crippen LogP contribution in [-0.2, 0) is 37.4 Å². The monoisotopic (exact) mass is 594 g/mol. The number of hydrogen-bond donors (Lipinski definition) is 1. The van der Waals surface area contributed by atoms with E-state index in [2.05, 4.69) is 0 Å². The van der Waals surface area contributed by atoms with E-state index >= 15 is 0 Å². The fraction of sp³-hybridized carbons (Fsp3) is 0.192. The lowest BCUT2D eigenvalue weighted by atomic mass is 10.1. The zero-order valence-corrected chi connectivity index (χ0v) is 23.4. The maximum Gasteiger partial charge on any atom is 0.394 e. The highest BCUT2D eigenvalue weighted by Crippen LogP contribution is 2.31. The van der Waals surface area contributed by atoms with Crippen molar-refractivity contribution in [1.82, 2.24) is 4.31 Å². The van der Waals surface area contributed by atoms with Gasteiger partial charge in [-0.2, -0.15) is 4.31 Å². The second kappa shape index (κ2) is 12.5. The molecular weight excluding hydrogens is 571 g/mol. The van der Waals surface area contributed by atoms with Crippen LogP contribution in [0.4, 0.5) is 5.69 Å². The first-order valence-electron chi connectivity index (χ1n) is 11.2. The predicted molar refractivity (Wildman–Crippen MR) is 145 cm³/mol. The van der Waals surface area contributed by atoms with E-state index in [1.165, 1.54) is 44.5 Å². The van der Waals surface area contributed by atoms with Gasteiger partial charge in [-0.1, -0.05) is 47.5 Å². The van der Waals surface area contributed by atoms with Crippen LogP contribution in [0.3, 0.4) is 0 Å². The van der Waals surface area contributed by atoms with Gasteiger partial charge >= 0.3 is 17.8 Å². The number of hydrogen-bond acceptors (Lipinski definition) is 7. The first-order chi connectivity index (χ1) is 18.4. The fourth-order valence-electron chi connectivity index (χ4n) is 3.74. The number of para-hydroxylation sites is 1. The minimum absolute atomic E-state index is 0.0263. The van der Waals surface area contributed by atoms with Gasteiger partial charge in [0.25, 0.3) is 0 Å². The Morgan fingerprint density at radius 1 is 0.897 bits per heavy atom. The first-order valence-corrected chi connectivity index (χ1v) is 13.4. The van der Waals surface area contributed by atoms with Gasteiger partial charge in [0.05, 0.1) is 35.5 Å². The van der Waals surface area contributed by atoms with Crippen LogP contribution in [0.25, 0.3) is 0 Å². The molecule has 0 bridgehead atoms. The minimum atomic E-state index is -4.18. The summed E-state index contributed by atoms with van der Waals surface area (Å²) in [5, 5.41) is 9.63. The lowest BCUT2D eigenvalue weighted by molar-refractivity contribution is -0.148. The largest absolute Gasteiger partial charge is 0.495 e. The lowest BCUT2D eigenvalue weighted by Gasteiger charge is -2.25. The second-order valence-electron chi connectivity index (χ2n) is 8.18. The number of carboxylic acid groups (broad SMARTS) is 1. The predicted octanol–water partition coefficient (Wildman–Crippen LogP) is 4.23. The third-order valence-corrected chi connectivity index (χ3v) is 8.27. The van der Waals surface area contributed by atoms with Crippen molar-refractivity contribution < 1.29 is 37.4 Å². The zero-order valence-electron chi connectivity index (χ0n) is 21.1. The van der Waals surface area contributed by atoms with Crippen LogP contribution in [0.15, 0.2) is 65.6 Å². The molecule has 0 radical (unpaired) electrons. The van der Waals surface area contributed by atoms with Crippen LogP contribution < -0.4 is 9.64 Å². The Bertz CT molecular complexity index is 1530. The van der Waals surface area contributed by atoms with Gasteiger partial charge in [-0.25, -0.2) is 18.0 Å². The van der Waals surface area contributed by atoms with Gasteiger partial charge in [0.2, 0.25) is 10.0 Å². The third-order valence-electron chi connectivity index (χ3n) is 5.70. The number of ether oxygens (including phenoxy) is 2. The fourth-order valence-corrected chi connectivity index (χ4v) is 5.64. The van der Waals surface area contributed by atoms with Crippen molar-refractivity contribution >= 4 is 56.8 Å². The Kier molecular flexibility index (Phi) is 9.57. The van der Waals surface area contributed by atoms with Crippen molar-refractivity contribution in [3.8, 4) is 5.75 Å². The summed E-state index contributed by atoms with van der Waals surface area (Å²) in [6.07, 6.45) is 0. The number of carbonyl (C=O) groups excluding carboxylic acids is 2. The number of benzene rings is 3. The Balaban J connectivity index is 2.11. The van der Waals surface area contributed by atoms with Crippen LogP contribution in [0.1, 0.15) is 21.5 Å². The smallest absolute Gasteiger partial charge is 0.394 e. The molecule has 0 aliphatic heterocycles. The summed E-state index contributed by atoms with van der Waals surface area (Å²) < 4.78 is 39.0. The Morgan fingerprint density at radius 3 is 2.10 bits per heavy atom. The minimum Gasteiger partial charge on any atom is -0.495 e. The summed E-state index contributed by atoms with van der Waals surface area (Å²) in [5.41, 5.74) is 0.742. The zero-order chi connectivity index (χ0) is 28.9. The Morgan fingerprint density at radius 2 is 1.51 bits per heavy atom. The summed E-state index contributed by atoms with van der Waals surface area (Å²) in [4.78, 5) is 36.5. The van der Waals surface area contributed by atoms with Crippen molar-refractivity contribution in [3.63, 3.8) is 0 Å². The van der Waals surface area contributed by atoms with Crippen LogP contribution in [0.5, 0.6) is 5.75 Å². The van der Waals surface area contributed by atoms with E-state index in [4.69, 9.17) is 37.8 Å². The number of sulfonamides is 1. The number of nitrogens with zero attached hydrogens (tertiary/aromatic N) is 2. The van der Waals surface area contributed by atoms with Crippen LogP contribution in [0.2, 0.25) is 10.0 Å². The van der Waals surface area contributed by atoms with Gasteiger partial charge in [-0.15, -0.1) is 0 Å². The molecule has 0 saturated heterocycles. The molecule has 0 spiro atoms. The van der Waals surface area contributed by atoms with Crippen molar-refractivity contribution in [2.24, 2.45) is 0 Å². The van der Waals surface area contributed by atoms with E-state index < -0.39 is 27.9 Å². The number of carbonyl (C=O) groups is 3. The number of amides is 1. The summed E-state index contributed by atoms with van der Waals surface area (Å²) in [6, 6.07) is 15.0. The van der Waals surface area contributed by atoms with Gasteiger partial charge in [0, 0.05) is 20.1 Å². The maximum atomic E-state index is 13.9. The molecule has 0 aliphatic carbocycles. The summed E-state index contributed by atoms with van der Waals surface area (Å²) in [7, 11) is -0.503. The number of anilines is 1. The standard InChI is InChI=1S/C26H24Cl2N2O8S/c1-29(24(31)25(32)33)21-11-9-16(12-18(21)26(34)38-3)14-30(15-17-8-10-19(27)20(28)13-17)39(35,36)23-7-5-4-6-22(23)37-2/h4-13H,14-15H2,1-3H3,(H,32,33). The molecule has 3 aromatic rings. The van der Waals surface area contributed by atoms with Crippen LogP contribution in [-0.4, -0.2) is 56.9 Å². The SMILES string of the molecule is COC(=O)c1cc(CN(Cc2ccc(Cl)c(Cl)c2)S(=O)(=O)c2ccccc2OC)ccc1N(C)C(=O)C(=O)O. The van der Waals surface area contributed by atoms with E-state index in [1.807, 2.05) is 0 Å². The van der Waals surface area contributed by atoms with Gasteiger partial charge in [-0.05, 0) is 47.5 Å². The molecule has 0 heterocycles. The van der Waals surface area contributed by atoms with Gasteiger partial charge < -0.3 is 19.5 Å². The number of methoxy groups -OCH3 is 2. The molecule has 0 atom stereocenters. The van der Waals surface area contributed by atoms with Gasteiger partial charge in [0.1, 0.15) is 10.6 Å². The highest BCUT2D eigenvalue weighted by atomic mass is 35.5. The maximum absolute atomic E-state index is 13.9. The number of aliphatic carboxylic acids is 1. The van der Waals surface area contributed by atoms with E-state index in [9.17, 15) is 22.8 Å². The lowest BCUT2D eigenvalue weighted by Crippen LogP contribution is -2.34. The van der Waals surface area contributed by atoms with Gasteiger partial charge in [-0.3, -0.25) is 4.79 Å². The van der Waals surface area contributed by atoms with E-state index in [0.717, 1.165) is 16.3 Å². The molecule has 1 N–H and O–H groups in total. The average Bonchev–Trinajstić information content (AvgIpc) is 2.93. The normalized spacial score (nSPS) is 11.2. The highest BCUT2D eigenvalue weighted by Gasteiger charge is 2.30. The van der Waals surface area contributed by atoms with Gasteiger partial charge in [0.15, 0.2) is 0 Å². The molecule has 0 fully saturated rings. The number of carboxylic acids is 1. The summed E-state index contributed by atoms with van der Waals surface area (Å²) in [6.45, 7) is -0.342. The van der Waals surface area contributed by atoms with Crippen LogP contribution >= 0.6 is 23.2 Å². The molecule has 39 heavy (non-hydrogen) atoms. The van der Waals surface area contributed by atoms with Crippen molar-refractivity contribution in [3.05, 3.63) is 87.4 Å². The number of esters is 1. The number of halogens is 2. The molecule has 206 valence electrons. The molecule has 10 nitrogen and oxygen atoms in total. The van der Waals surface area contributed by atoms with Crippen molar-refractivity contribution in [1.29, 1.82) is 0 Å². The van der Waals surface area contributed by atoms with E-state index in [0.29, 0.717) is 16.1 Å². The molecule has 13 heteroatoms. The summed E-state index contributed by atoms with van der Waals surface area (Å²) in [5.74, 6) is -3.70. The van der Waals surface area contributed by atoms with E-state index in [-0.39, 0.29) is 40.0 Å². The summed E-state index contributed by atoms with van der Waals surface area (Å²) >= 11 is 12.2. The highest BCUT2D eigenvalue weighted by molar-refractivity contribution is 7.89. The van der Waals surface area contributed by atoms with E-state index in [1.54, 1.807) is 30.3 Å². The van der Waals surface area contributed by atoms with Crippen LogP contribution in [0, 0.1) is 0 Å². The van der Waals surface area contributed by atoms with Crippen molar-refractivity contribution in [2.75, 3.05) is 26.2 Å².